The molecule has 1 aromatic heterocycles. The molecule has 0 atom stereocenters. The lowest BCUT2D eigenvalue weighted by Gasteiger charge is -2.06. The van der Waals surface area contributed by atoms with E-state index in [9.17, 15) is 8.42 Å². The van der Waals surface area contributed by atoms with Gasteiger partial charge in [-0.05, 0) is 17.7 Å². The maximum Gasteiger partial charge on any atom is 0.240 e. The molecule has 0 saturated heterocycles. The Kier molecular flexibility index (Phi) is 4.55. The molecule has 1 N–H and O–H groups in total. The third kappa shape index (κ3) is 3.85. The summed E-state index contributed by atoms with van der Waals surface area (Å²) in [7, 11) is -3.47. The molecule has 0 radical (unpaired) electrons. The minimum absolute atomic E-state index is 0.269. The summed E-state index contributed by atoms with van der Waals surface area (Å²) in [5.41, 5.74) is 2.10. The van der Waals surface area contributed by atoms with E-state index < -0.39 is 10.0 Å². The molecule has 6 heteroatoms. The standard InChI is InChI=1S/C17H17N3O2S/c21-23(22,17-9-5-2-6-10-17)19-11-12-20-14-16(13-18-20)15-7-3-1-4-8-15/h1-10,13-14,19H,11-12H2. The van der Waals surface area contributed by atoms with Gasteiger partial charge in [0.15, 0.2) is 0 Å². The number of rotatable bonds is 6. The zero-order chi connectivity index (χ0) is 16.1. The van der Waals surface area contributed by atoms with Crippen LogP contribution in [-0.2, 0) is 16.6 Å². The molecule has 0 aliphatic heterocycles. The van der Waals surface area contributed by atoms with Gasteiger partial charge in [-0.2, -0.15) is 5.10 Å². The van der Waals surface area contributed by atoms with Crippen molar-refractivity contribution in [3.63, 3.8) is 0 Å². The summed E-state index contributed by atoms with van der Waals surface area (Å²) in [6.45, 7) is 0.756. The highest BCUT2D eigenvalue weighted by atomic mass is 32.2. The SMILES string of the molecule is O=S(=O)(NCCn1cc(-c2ccccc2)cn1)c1ccccc1. The topological polar surface area (TPSA) is 64.0 Å². The molecule has 5 nitrogen and oxygen atoms in total. The van der Waals surface area contributed by atoms with Gasteiger partial charge in [-0.1, -0.05) is 48.5 Å². The summed E-state index contributed by atoms with van der Waals surface area (Å²) in [5.74, 6) is 0. The zero-order valence-corrected chi connectivity index (χ0v) is 13.3. The second-order valence-corrected chi connectivity index (χ2v) is 6.84. The third-order valence-corrected chi connectivity index (χ3v) is 4.90. The van der Waals surface area contributed by atoms with E-state index in [1.165, 1.54) is 0 Å². The summed E-state index contributed by atoms with van der Waals surface area (Å²) >= 11 is 0. The number of sulfonamides is 1. The number of hydrogen-bond acceptors (Lipinski definition) is 3. The highest BCUT2D eigenvalue weighted by Crippen LogP contribution is 2.17. The first kappa shape index (κ1) is 15.5. The van der Waals surface area contributed by atoms with Gasteiger partial charge in [-0.25, -0.2) is 13.1 Å². The molecule has 0 aliphatic carbocycles. The average Bonchev–Trinajstić information content (AvgIpc) is 3.05. The predicted molar refractivity (Wildman–Crippen MR) is 89.3 cm³/mol. The summed E-state index contributed by atoms with van der Waals surface area (Å²) in [6.07, 6.45) is 3.69. The summed E-state index contributed by atoms with van der Waals surface area (Å²) < 4.78 is 28.5. The molecule has 118 valence electrons. The van der Waals surface area contributed by atoms with E-state index in [1.807, 2.05) is 36.5 Å². The number of hydrogen-bond donors (Lipinski definition) is 1. The zero-order valence-electron chi connectivity index (χ0n) is 12.5. The number of nitrogens with one attached hydrogen (secondary N) is 1. The maximum absolute atomic E-state index is 12.1. The minimum Gasteiger partial charge on any atom is -0.271 e. The van der Waals surface area contributed by atoms with Crippen LogP contribution >= 0.6 is 0 Å². The van der Waals surface area contributed by atoms with Crippen LogP contribution in [0.3, 0.4) is 0 Å². The molecule has 0 bridgehead atoms. The van der Waals surface area contributed by atoms with Crippen molar-refractivity contribution in [2.75, 3.05) is 6.54 Å². The van der Waals surface area contributed by atoms with Gasteiger partial charge in [0.05, 0.1) is 17.6 Å². The smallest absolute Gasteiger partial charge is 0.240 e. The highest BCUT2D eigenvalue weighted by molar-refractivity contribution is 7.89. The lowest BCUT2D eigenvalue weighted by atomic mass is 10.1. The molecule has 23 heavy (non-hydrogen) atoms. The Balaban J connectivity index is 1.61. The molecule has 3 aromatic rings. The fourth-order valence-corrected chi connectivity index (χ4v) is 3.29. The first-order chi connectivity index (χ1) is 11.1. The third-order valence-electron chi connectivity index (χ3n) is 3.43. The van der Waals surface area contributed by atoms with Crippen LogP contribution in [0.15, 0.2) is 78.0 Å². The molecular weight excluding hydrogens is 310 g/mol. The quantitative estimate of drug-likeness (QED) is 0.757. The van der Waals surface area contributed by atoms with E-state index in [4.69, 9.17) is 0 Å². The predicted octanol–water partition coefficient (Wildman–Crippen LogP) is 2.53. The van der Waals surface area contributed by atoms with E-state index in [-0.39, 0.29) is 11.4 Å². The van der Waals surface area contributed by atoms with Crippen LogP contribution in [0.2, 0.25) is 0 Å². The normalized spacial score (nSPS) is 11.5. The molecule has 0 saturated carbocycles. The van der Waals surface area contributed by atoms with Crippen molar-refractivity contribution < 1.29 is 8.42 Å². The van der Waals surface area contributed by atoms with E-state index in [0.717, 1.165) is 11.1 Å². The molecule has 0 unspecified atom stereocenters. The van der Waals surface area contributed by atoms with Gasteiger partial charge in [0.25, 0.3) is 0 Å². The van der Waals surface area contributed by atoms with E-state index in [0.29, 0.717) is 6.54 Å². The fourth-order valence-electron chi connectivity index (χ4n) is 2.24. The molecule has 0 amide bonds. The van der Waals surface area contributed by atoms with Gasteiger partial charge in [0, 0.05) is 18.3 Å². The monoisotopic (exact) mass is 327 g/mol. The summed E-state index contributed by atoms with van der Waals surface area (Å²) in [4.78, 5) is 0.269. The van der Waals surface area contributed by atoms with E-state index in [1.54, 1.807) is 41.2 Å². The number of benzene rings is 2. The lowest BCUT2D eigenvalue weighted by Crippen LogP contribution is -2.27. The van der Waals surface area contributed by atoms with Crippen molar-refractivity contribution in [2.45, 2.75) is 11.4 Å². The van der Waals surface area contributed by atoms with Gasteiger partial charge in [-0.3, -0.25) is 4.68 Å². The van der Waals surface area contributed by atoms with Crippen LogP contribution < -0.4 is 4.72 Å². The molecule has 0 aliphatic rings. The number of nitrogens with zero attached hydrogens (tertiary/aromatic N) is 2. The Morgan fingerprint density at radius 2 is 1.57 bits per heavy atom. The molecule has 0 spiro atoms. The summed E-state index contributed by atoms with van der Waals surface area (Å²) in [6, 6.07) is 18.3. The van der Waals surface area contributed by atoms with Crippen molar-refractivity contribution >= 4 is 10.0 Å². The maximum atomic E-state index is 12.1. The Bertz CT molecular complexity index is 859. The Morgan fingerprint density at radius 3 is 2.26 bits per heavy atom. The lowest BCUT2D eigenvalue weighted by molar-refractivity contribution is 0.561. The van der Waals surface area contributed by atoms with Crippen LogP contribution in [0.25, 0.3) is 11.1 Å². The molecule has 2 aromatic carbocycles. The van der Waals surface area contributed by atoms with Crippen molar-refractivity contribution in [1.29, 1.82) is 0 Å². The second kappa shape index (κ2) is 6.76. The summed E-state index contributed by atoms with van der Waals surface area (Å²) in [5, 5.41) is 4.27. The first-order valence-electron chi connectivity index (χ1n) is 7.28. The van der Waals surface area contributed by atoms with Gasteiger partial charge >= 0.3 is 0 Å². The molecular formula is C17H17N3O2S. The molecule has 1 heterocycles. The Morgan fingerprint density at radius 1 is 0.913 bits per heavy atom. The van der Waals surface area contributed by atoms with Gasteiger partial charge in [0.2, 0.25) is 10.0 Å². The molecule has 0 fully saturated rings. The van der Waals surface area contributed by atoms with Crippen LogP contribution in [0.5, 0.6) is 0 Å². The van der Waals surface area contributed by atoms with Crippen molar-refractivity contribution in [3.8, 4) is 11.1 Å². The van der Waals surface area contributed by atoms with Crippen LogP contribution in [0, 0.1) is 0 Å². The fraction of sp³-hybridized carbons (Fsp3) is 0.118. The van der Waals surface area contributed by atoms with E-state index in [2.05, 4.69) is 9.82 Å². The highest BCUT2D eigenvalue weighted by Gasteiger charge is 2.12. The average molecular weight is 327 g/mol. The van der Waals surface area contributed by atoms with E-state index >= 15 is 0 Å². The molecule has 3 rings (SSSR count). The van der Waals surface area contributed by atoms with Gasteiger partial charge in [-0.15, -0.1) is 0 Å². The number of aromatic nitrogens is 2. The van der Waals surface area contributed by atoms with Crippen LogP contribution in [0.4, 0.5) is 0 Å². The van der Waals surface area contributed by atoms with Crippen molar-refractivity contribution in [3.05, 3.63) is 73.1 Å². The van der Waals surface area contributed by atoms with Gasteiger partial charge in [0.1, 0.15) is 0 Å². The minimum atomic E-state index is -3.47. The second-order valence-electron chi connectivity index (χ2n) is 5.07. The first-order valence-corrected chi connectivity index (χ1v) is 8.76. The van der Waals surface area contributed by atoms with Crippen molar-refractivity contribution in [2.24, 2.45) is 0 Å². The Labute approximate surface area is 135 Å². The Hall–Kier alpha value is -2.44. The largest absolute Gasteiger partial charge is 0.271 e. The van der Waals surface area contributed by atoms with Crippen molar-refractivity contribution in [1.82, 2.24) is 14.5 Å². The van der Waals surface area contributed by atoms with Crippen LogP contribution in [0.1, 0.15) is 0 Å². The van der Waals surface area contributed by atoms with Gasteiger partial charge < -0.3 is 0 Å². The van der Waals surface area contributed by atoms with Crippen LogP contribution in [-0.4, -0.2) is 24.7 Å².